The fraction of sp³-hybridized carbons (Fsp3) is 0.0833. The van der Waals surface area contributed by atoms with E-state index in [-0.39, 0.29) is 11.1 Å². The van der Waals surface area contributed by atoms with Crippen LogP contribution in [0.25, 0.3) is 0 Å². The molecule has 98 valence electrons. The van der Waals surface area contributed by atoms with Gasteiger partial charge in [-0.15, -0.1) is 10.2 Å². The minimum Gasteiger partial charge on any atom is -0.494 e. The average molecular weight is 279 g/mol. The highest BCUT2D eigenvalue weighted by atomic mass is 35.5. The molecule has 0 fully saturated rings. The first kappa shape index (κ1) is 13.1. The Hall–Kier alpha value is -2.34. The fourth-order valence-corrected chi connectivity index (χ4v) is 1.63. The van der Waals surface area contributed by atoms with Crippen LogP contribution in [0.4, 0.5) is 11.5 Å². The molecule has 0 aliphatic heterocycles. The van der Waals surface area contributed by atoms with Gasteiger partial charge in [0.2, 0.25) is 0 Å². The van der Waals surface area contributed by atoms with E-state index in [1.807, 2.05) is 0 Å². The number of benzene rings is 1. The van der Waals surface area contributed by atoms with Crippen LogP contribution in [-0.4, -0.2) is 23.2 Å². The van der Waals surface area contributed by atoms with Crippen LogP contribution in [0.1, 0.15) is 10.4 Å². The van der Waals surface area contributed by atoms with Gasteiger partial charge >= 0.3 is 0 Å². The molecule has 7 heteroatoms. The highest BCUT2D eigenvalue weighted by molar-refractivity contribution is 6.29. The van der Waals surface area contributed by atoms with E-state index in [4.69, 9.17) is 22.1 Å². The largest absolute Gasteiger partial charge is 0.494 e. The predicted octanol–water partition coefficient (Wildman–Crippen LogP) is 1.97. The number of rotatable bonds is 3. The number of hydrogen-bond donors (Lipinski definition) is 2. The number of nitrogens with zero attached hydrogens (tertiary/aromatic N) is 2. The van der Waals surface area contributed by atoms with Crippen molar-refractivity contribution in [3.63, 3.8) is 0 Å². The van der Waals surface area contributed by atoms with Gasteiger partial charge in [0.25, 0.3) is 5.91 Å². The lowest BCUT2D eigenvalue weighted by molar-refractivity contribution is 0.102. The molecule has 0 aliphatic carbocycles. The first-order chi connectivity index (χ1) is 9.11. The SMILES string of the molecule is COc1c(N)cccc1C(=O)Nc1ccc(Cl)nn1. The van der Waals surface area contributed by atoms with Gasteiger partial charge in [-0.3, -0.25) is 4.79 Å². The number of nitrogens with one attached hydrogen (secondary N) is 1. The first-order valence-electron chi connectivity index (χ1n) is 5.35. The molecule has 19 heavy (non-hydrogen) atoms. The van der Waals surface area contributed by atoms with Crippen LogP contribution in [0.2, 0.25) is 5.15 Å². The van der Waals surface area contributed by atoms with Gasteiger partial charge in [0.05, 0.1) is 18.4 Å². The maximum absolute atomic E-state index is 12.1. The number of amides is 1. The van der Waals surface area contributed by atoms with Crippen molar-refractivity contribution in [1.29, 1.82) is 0 Å². The standard InChI is InChI=1S/C12H11ClN4O2/c1-19-11-7(3-2-4-8(11)14)12(18)15-10-6-5-9(13)16-17-10/h2-6H,14H2,1H3,(H,15,17,18). The maximum atomic E-state index is 12.1. The molecule has 0 saturated carbocycles. The summed E-state index contributed by atoms with van der Waals surface area (Å²) in [4.78, 5) is 12.1. The van der Waals surface area contributed by atoms with Crippen molar-refractivity contribution in [3.8, 4) is 5.75 Å². The van der Waals surface area contributed by atoms with Crippen molar-refractivity contribution in [2.24, 2.45) is 0 Å². The van der Waals surface area contributed by atoms with E-state index >= 15 is 0 Å². The molecule has 3 N–H and O–H groups in total. The average Bonchev–Trinajstić information content (AvgIpc) is 2.41. The van der Waals surface area contributed by atoms with Gasteiger partial charge in [0.1, 0.15) is 0 Å². The number of carbonyl (C=O) groups excluding carboxylic acids is 1. The topological polar surface area (TPSA) is 90.1 Å². The molecule has 0 unspecified atom stereocenters. The Balaban J connectivity index is 2.25. The van der Waals surface area contributed by atoms with E-state index in [0.717, 1.165) is 0 Å². The summed E-state index contributed by atoms with van der Waals surface area (Å²) in [6, 6.07) is 8.00. The molecule has 0 aliphatic rings. The van der Waals surface area contributed by atoms with Crippen LogP contribution in [0.5, 0.6) is 5.75 Å². The second kappa shape index (κ2) is 5.53. The summed E-state index contributed by atoms with van der Waals surface area (Å²) in [7, 11) is 1.45. The number of ether oxygens (including phenoxy) is 1. The summed E-state index contributed by atoms with van der Waals surface area (Å²) < 4.78 is 5.11. The summed E-state index contributed by atoms with van der Waals surface area (Å²) >= 11 is 5.61. The third-order valence-corrected chi connectivity index (χ3v) is 2.57. The summed E-state index contributed by atoms with van der Waals surface area (Å²) in [5, 5.41) is 10.2. The Bertz CT molecular complexity index is 601. The van der Waals surface area contributed by atoms with Crippen molar-refractivity contribution in [1.82, 2.24) is 10.2 Å². The van der Waals surface area contributed by atoms with Gasteiger partial charge in [-0.25, -0.2) is 0 Å². The zero-order valence-corrected chi connectivity index (χ0v) is 10.8. The van der Waals surface area contributed by atoms with Gasteiger partial charge in [-0.05, 0) is 24.3 Å². The summed E-state index contributed by atoms with van der Waals surface area (Å²) in [5.74, 6) is 0.224. The Morgan fingerprint density at radius 1 is 1.32 bits per heavy atom. The first-order valence-corrected chi connectivity index (χ1v) is 5.72. The van der Waals surface area contributed by atoms with E-state index in [0.29, 0.717) is 22.8 Å². The number of halogens is 1. The molecule has 1 heterocycles. The summed E-state index contributed by atoms with van der Waals surface area (Å²) in [6.45, 7) is 0. The molecule has 2 rings (SSSR count). The van der Waals surface area contributed by atoms with E-state index in [1.165, 1.54) is 13.2 Å². The monoisotopic (exact) mass is 278 g/mol. The second-order valence-corrected chi connectivity index (χ2v) is 4.01. The molecule has 2 aromatic rings. The molecule has 0 saturated heterocycles. The molecular formula is C12H11ClN4O2. The van der Waals surface area contributed by atoms with Gasteiger partial charge in [-0.1, -0.05) is 17.7 Å². The Morgan fingerprint density at radius 2 is 2.11 bits per heavy atom. The minimum atomic E-state index is -0.388. The normalized spacial score (nSPS) is 10.0. The highest BCUT2D eigenvalue weighted by Gasteiger charge is 2.15. The zero-order chi connectivity index (χ0) is 13.8. The number of methoxy groups -OCH3 is 1. The molecular weight excluding hydrogens is 268 g/mol. The van der Waals surface area contributed by atoms with Gasteiger partial charge in [0, 0.05) is 0 Å². The maximum Gasteiger partial charge on any atom is 0.260 e. The lowest BCUT2D eigenvalue weighted by Gasteiger charge is -2.10. The Labute approximate surface area is 114 Å². The summed E-state index contributed by atoms with van der Waals surface area (Å²) in [5.41, 5.74) is 6.44. The quantitative estimate of drug-likeness (QED) is 0.838. The molecule has 0 spiro atoms. The zero-order valence-electron chi connectivity index (χ0n) is 10.1. The third kappa shape index (κ3) is 2.92. The Kier molecular flexibility index (Phi) is 3.82. The molecule has 1 aromatic carbocycles. The molecule has 1 amide bonds. The second-order valence-electron chi connectivity index (χ2n) is 3.62. The van der Waals surface area contributed by atoms with Gasteiger partial charge in [0.15, 0.2) is 16.7 Å². The van der Waals surface area contributed by atoms with Crippen LogP contribution >= 0.6 is 11.6 Å². The van der Waals surface area contributed by atoms with Crippen LogP contribution < -0.4 is 15.8 Å². The highest BCUT2D eigenvalue weighted by Crippen LogP contribution is 2.26. The lowest BCUT2D eigenvalue weighted by atomic mass is 10.1. The van der Waals surface area contributed by atoms with Crippen molar-refractivity contribution in [2.75, 3.05) is 18.2 Å². The van der Waals surface area contributed by atoms with Gasteiger partial charge in [-0.2, -0.15) is 0 Å². The predicted molar refractivity (Wildman–Crippen MR) is 72.4 cm³/mol. The van der Waals surface area contributed by atoms with Crippen molar-refractivity contribution in [3.05, 3.63) is 41.0 Å². The number of carbonyl (C=O) groups is 1. The Morgan fingerprint density at radius 3 is 2.74 bits per heavy atom. The van der Waals surface area contributed by atoms with E-state index < -0.39 is 0 Å². The van der Waals surface area contributed by atoms with Crippen LogP contribution in [0.15, 0.2) is 30.3 Å². The van der Waals surface area contributed by atoms with E-state index in [1.54, 1.807) is 24.3 Å². The van der Waals surface area contributed by atoms with Crippen LogP contribution in [0, 0.1) is 0 Å². The van der Waals surface area contributed by atoms with E-state index in [9.17, 15) is 4.79 Å². The summed E-state index contributed by atoms with van der Waals surface area (Å²) in [6.07, 6.45) is 0. The molecule has 0 atom stereocenters. The molecule has 0 radical (unpaired) electrons. The van der Waals surface area contributed by atoms with Crippen molar-refractivity contribution < 1.29 is 9.53 Å². The van der Waals surface area contributed by atoms with Crippen molar-refractivity contribution >= 4 is 29.0 Å². The minimum absolute atomic E-state index is 0.250. The fourth-order valence-electron chi connectivity index (χ4n) is 1.53. The van der Waals surface area contributed by atoms with Gasteiger partial charge < -0.3 is 15.8 Å². The number of nitrogens with two attached hydrogens (primary N) is 1. The smallest absolute Gasteiger partial charge is 0.260 e. The number of anilines is 2. The van der Waals surface area contributed by atoms with Crippen molar-refractivity contribution in [2.45, 2.75) is 0 Å². The number of nitrogen functional groups attached to an aromatic ring is 1. The number of aromatic nitrogens is 2. The van der Waals surface area contributed by atoms with Crippen LogP contribution in [-0.2, 0) is 0 Å². The lowest BCUT2D eigenvalue weighted by Crippen LogP contribution is -2.15. The van der Waals surface area contributed by atoms with E-state index in [2.05, 4.69) is 15.5 Å². The van der Waals surface area contributed by atoms with Crippen LogP contribution in [0.3, 0.4) is 0 Å². The third-order valence-electron chi connectivity index (χ3n) is 2.37. The number of hydrogen-bond acceptors (Lipinski definition) is 5. The molecule has 0 bridgehead atoms. The molecule has 1 aromatic heterocycles. The molecule has 6 nitrogen and oxygen atoms in total. The number of para-hydroxylation sites is 1.